The Hall–Kier alpha value is -2.60. The van der Waals surface area contributed by atoms with Gasteiger partial charge in [0.2, 0.25) is 0 Å². The minimum Gasteiger partial charge on any atom is -0.0871 e. The summed E-state index contributed by atoms with van der Waals surface area (Å²) in [6.45, 7) is 8.67. The van der Waals surface area contributed by atoms with Crippen LogP contribution in [0, 0.1) is 34.5 Å². The van der Waals surface area contributed by atoms with Gasteiger partial charge in [0.1, 0.15) is 0 Å². The van der Waals surface area contributed by atoms with Gasteiger partial charge in [-0.25, -0.2) is 0 Å². The van der Waals surface area contributed by atoms with Crippen molar-refractivity contribution in [3.05, 3.63) is 94.1 Å². The fraction of sp³-hybridized carbons (Fsp3) is 0.545. The van der Waals surface area contributed by atoms with E-state index in [0.29, 0.717) is 21.7 Å². The molecule has 8 fully saturated rings. The molecule has 4 unspecified atom stereocenters. The van der Waals surface area contributed by atoms with Crippen LogP contribution in [0.4, 0.5) is 0 Å². The van der Waals surface area contributed by atoms with Crippen LogP contribution in [0.1, 0.15) is 138 Å². The molecule has 0 N–H and O–H groups in total. The number of benzene rings is 2. The molecule has 8 aliphatic carbocycles. The van der Waals surface area contributed by atoms with Gasteiger partial charge in [0.15, 0.2) is 0 Å². The zero-order chi connectivity index (χ0) is 30.2. The first-order valence-corrected chi connectivity index (χ1v) is 18.2. The fourth-order valence-electron chi connectivity index (χ4n) is 13.6. The van der Waals surface area contributed by atoms with E-state index in [1.165, 1.54) is 99.3 Å². The zero-order valence-corrected chi connectivity index (χ0v) is 27.9. The third-order valence-corrected chi connectivity index (χ3v) is 13.9. The van der Waals surface area contributed by atoms with E-state index in [-0.39, 0.29) is 0 Å². The van der Waals surface area contributed by atoms with Crippen molar-refractivity contribution in [2.24, 2.45) is 34.5 Å². The summed E-state index contributed by atoms with van der Waals surface area (Å²) in [5.74, 6) is 3.70. The van der Waals surface area contributed by atoms with Crippen molar-refractivity contribution in [1.82, 2.24) is 0 Å². The predicted molar refractivity (Wildman–Crippen MR) is 189 cm³/mol. The van der Waals surface area contributed by atoms with Crippen LogP contribution in [0.5, 0.6) is 0 Å². The number of hydrogen-bond donors (Lipinski definition) is 0. The molecule has 0 amide bonds. The summed E-state index contributed by atoms with van der Waals surface area (Å²) in [7, 11) is 0. The Morgan fingerprint density at radius 1 is 0.432 bits per heavy atom. The Morgan fingerprint density at radius 2 is 0.727 bits per heavy atom. The topological polar surface area (TPSA) is 0 Å². The summed E-state index contributed by atoms with van der Waals surface area (Å²) >= 11 is 0. The zero-order valence-electron chi connectivity index (χ0n) is 27.9. The lowest BCUT2D eigenvalue weighted by Crippen LogP contribution is -2.66. The van der Waals surface area contributed by atoms with Crippen LogP contribution in [-0.2, 0) is 10.8 Å². The lowest BCUT2D eigenvalue weighted by atomic mass is 9.30. The quantitative estimate of drug-likeness (QED) is 0.305. The molecule has 8 bridgehead atoms. The molecular weight excluding hydrogens is 528 g/mol. The molecule has 4 atom stereocenters. The van der Waals surface area contributed by atoms with Gasteiger partial charge in [-0.15, -0.1) is 0 Å². The van der Waals surface area contributed by atoms with E-state index >= 15 is 0 Å². The minimum atomic E-state index is 0.374. The molecule has 10 rings (SSSR count). The highest BCUT2D eigenvalue weighted by Gasteiger charge is 2.70. The maximum atomic E-state index is 2.60. The van der Waals surface area contributed by atoms with Crippen LogP contribution in [0.25, 0.3) is 24.3 Å². The second-order valence-corrected chi connectivity index (χ2v) is 16.8. The van der Waals surface area contributed by atoms with Gasteiger partial charge in [-0.3, -0.25) is 0 Å². The molecule has 0 heterocycles. The van der Waals surface area contributed by atoms with Crippen molar-refractivity contribution in [2.75, 3.05) is 0 Å². The summed E-state index contributed by atoms with van der Waals surface area (Å²) in [6.07, 6.45) is 36.0. The average Bonchev–Trinajstić information content (AvgIpc) is 2.96. The molecule has 0 saturated heterocycles. The normalized spacial score (nSPS) is 40.5. The monoisotopic (exact) mass is 582 g/mol. The van der Waals surface area contributed by atoms with E-state index in [0.717, 1.165) is 23.7 Å². The second kappa shape index (κ2) is 10.5. The molecule has 2 aromatic rings. The van der Waals surface area contributed by atoms with Gasteiger partial charge >= 0.3 is 0 Å². The van der Waals surface area contributed by atoms with Gasteiger partial charge in [-0.05, 0) is 196 Å². The Bertz CT molecular complexity index is 1350. The number of allylic oxidation sites excluding steroid dienone is 4. The van der Waals surface area contributed by atoms with Crippen molar-refractivity contribution in [1.29, 1.82) is 0 Å². The minimum absolute atomic E-state index is 0.374. The van der Waals surface area contributed by atoms with Gasteiger partial charge in [-0.2, -0.15) is 0 Å². The summed E-state index contributed by atoms with van der Waals surface area (Å²) in [4.78, 5) is 0. The largest absolute Gasteiger partial charge is 0.0871 e. The highest BCUT2D eigenvalue weighted by Crippen LogP contribution is 2.78. The van der Waals surface area contributed by atoms with Crippen LogP contribution in [0.15, 0.2) is 60.7 Å². The van der Waals surface area contributed by atoms with E-state index < -0.39 is 0 Å². The van der Waals surface area contributed by atoms with Crippen LogP contribution in [0.3, 0.4) is 0 Å². The average molecular weight is 583 g/mol. The Labute approximate surface area is 267 Å². The highest BCUT2D eigenvalue weighted by molar-refractivity contribution is 5.62. The lowest BCUT2D eigenvalue weighted by molar-refractivity contribution is -0.212. The molecule has 0 aromatic heterocycles. The first-order chi connectivity index (χ1) is 21.3. The smallest absolute Gasteiger partial charge is 0.00358 e. The van der Waals surface area contributed by atoms with E-state index in [2.05, 4.69) is 113 Å². The van der Waals surface area contributed by atoms with Crippen molar-refractivity contribution >= 4 is 24.3 Å². The van der Waals surface area contributed by atoms with Gasteiger partial charge in [-0.1, -0.05) is 72.9 Å². The maximum Gasteiger partial charge on any atom is -0.00358 e. The van der Waals surface area contributed by atoms with E-state index in [4.69, 9.17) is 0 Å². The molecule has 0 spiro atoms. The molecule has 230 valence electrons. The van der Waals surface area contributed by atoms with Crippen molar-refractivity contribution < 1.29 is 0 Å². The van der Waals surface area contributed by atoms with Crippen LogP contribution < -0.4 is 0 Å². The molecule has 0 nitrogen and oxygen atoms in total. The SMILES string of the molecule is CC=Cc1cc(C=CC)cc(C23CC4CC(C2)CC(C25CC6CC(CC(c7cc(C=CC)cc(C=CC)c7)(C6)C2)C5)(C4)C3)c1. The first-order valence-electron chi connectivity index (χ1n) is 18.2. The van der Waals surface area contributed by atoms with Crippen LogP contribution >= 0.6 is 0 Å². The third kappa shape index (κ3) is 4.44. The second-order valence-electron chi connectivity index (χ2n) is 16.8. The van der Waals surface area contributed by atoms with Crippen LogP contribution in [-0.4, -0.2) is 0 Å². The van der Waals surface area contributed by atoms with Crippen molar-refractivity contribution in [2.45, 2.75) is 116 Å². The lowest BCUT2D eigenvalue weighted by Gasteiger charge is -2.74. The Morgan fingerprint density at radius 3 is 1.00 bits per heavy atom. The summed E-state index contributed by atoms with van der Waals surface area (Å²) in [6, 6.07) is 15.2. The predicted octanol–water partition coefficient (Wildman–Crippen LogP) is 12.2. The maximum absolute atomic E-state index is 2.60. The van der Waals surface area contributed by atoms with Crippen molar-refractivity contribution in [3.8, 4) is 0 Å². The van der Waals surface area contributed by atoms with E-state index in [1.807, 2.05) is 0 Å². The molecule has 0 radical (unpaired) electrons. The third-order valence-electron chi connectivity index (χ3n) is 13.9. The highest BCUT2D eigenvalue weighted by atomic mass is 14.7. The fourth-order valence-corrected chi connectivity index (χ4v) is 13.6. The standard InChI is InChI=1S/C44H54/c1-5-9-31-13-32(10-6-2)18-39(17-31)41-21-35-15-36(22-41)26-43(25-35,29-41)44-27-37-16-38(28-44)24-42(23-37,30-44)40-19-33(11-7-3)14-34(20-40)12-8-4/h5-14,17-20,35-38H,15-16,21-30H2,1-4H3. The number of hydrogen-bond acceptors (Lipinski definition) is 0. The van der Waals surface area contributed by atoms with Gasteiger partial charge in [0, 0.05) is 0 Å². The first kappa shape index (κ1) is 28.8. The molecule has 2 aromatic carbocycles. The Kier molecular flexibility index (Phi) is 6.86. The van der Waals surface area contributed by atoms with Gasteiger partial charge < -0.3 is 0 Å². The number of rotatable bonds is 7. The molecule has 44 heavy (non-hydrogen) atoms. The summed E-state index contributed by atoms with van der Waals surface area (Å²) in [5, 5.41) is 0. The molecule has 0 aliphatic heterocycles. The van der Waals surface area contributed by atoms with Crippen LogP contribution in [0.2, 0.25) is 0 Å². The molecular formula is C44H54. The summed E-state index contributed by atoms with van der Waals surface area (Å²) in [5.41, 5.74) is 10.8. The van der Waals surface area contributed by atoms with Gasteiger partial charge in [0.05, 0.1) is 0 Å². The summed E-state index contributed by atoms with van der Waals surface area (Å²) < 4.78 is 0. The van der Waals surface area contributed by atoms with E-state index in [9.17, 15) is 0 Å². The van der Waals surface area contributed by atoms with Gasteiger partial charge in [0.25, 0.3) is 0 Å². The molecule has 8 saturated carbocycles. The Balaban J connectivity index is 1.23. The van der Waals surface area contributed by atoms with Crippen molar-refractivity contribution in [3.63, 3.8) is 0 Å². The molecule has 0 heteroatoms. The van der Waals surface area contributed by atoms with E-state index in [1.54, 1.807) is 11.1 Å². The molecule has 8 aliphatic rings.